The molecule has 5 rings (SSSR count). The first-order valence-corrected chi connectivity index (χ1v) is 15.4. The van der Waals surface area contributed by atoms with Gasteiger partial charge in [-0.05, 0) is 140 Å². The summed E-state index contributed by atoms with van der Waals surface area (Å²) in [7, 11) is 0. The first-order valence-electron chi connectivity index (χ1n) is 15.4. The number of aryl methyl sites for hydroxylation is 2. The summed E-state index contributed by atoms with van der Waals surface area (Å²) in [5, 5.41) is 0. The van der Waals surface area contributed by atoms with Crippen LogP contribution in [-0.4, -0.2) is 6.36 Å². The maximum Gasteiger partial charge on any atom is 0.573 e. The Bertz CT molecular complexity index is 1450. The van der Waals surface area contributed by atoms with E-state index in [1.807, 2.05) is 12.1 Å². The Morgan fingerprint density at radius 3 is 2.09 bits per heavy atom. The number of fused-ring (bicyclic) bond motifs is 1. The number of hydrogen-bond acceptors (Lipinski definition) is 1. The van der Waals surface area contributed by atoms with Crippen LogP contribution in [0.15, 0.2) is 36.4 Å². The minimum atomic E-state index is -5.23. The molecule has 0 radical (unpaired) electrons. The van der Waals surface area contributed by atoms with E-state index in [1.54, 1.807) is 6.07 Å². The molecule has 0 spiro atoms. The van der Waals surface area contributed by atoms with Gasteiger partial charge in [0.05, 0.1) is 0 Å². The second-order valence-electron chi connectivity index (χ2n) is 12.3. The zero-order valence-corrected chi connectivity index (χ0v) is 24.6. The molecule has 0 N–H and O–H groups in total. The fourth-order valence-electron chi connectivity index (χ4n) is 6.99. The fourth-order valence-corrected chi connectivity index (χ4v) is 6.99. The second kappa shape index (κ2) is 13.5. The highest BCUT2D eigenvalue weighted by molar-refractivity contribution is 5.40. The number of alkyl halides is 3. The van der Waals surface area contributed by atoms with E-state index in [-0.39, 0.29) is 28.8 Å². The van der Waals surface area contributed by atoms with Gasteiger partial charge in [0.25, 0.3) is 0 Å². The van der Waals surface area contributed by atoms with Crippen LogP contribution in [0, 0.1) is 35.0 Å². The summed E-state index contributed by atoms with van der Waals surface area (Å²) in [5.41, 5.74) is 3.06. The van der Waals surface area contributed by atoms with E-state index in [2.05, 4.69) is 11.7 Å². The molecular weight excluding hydrogens is 588 g/mol. The van der Waals surface area contributed by atoms with Crippen molar-refractivity contribution in [3.05, 3.63) is 98.9 Å². The molecule has 0 heterocycles. The van der Waals surface area contributed by atoms with Crippen LogP contribution in [0.1, 0.15) is 104 Å². The molecule has 0 saturated heterocycles. The lowest BCUT2D eigenvalue weighted by Gasteiger charge is -2.32. The van der Waals surface area contributed by atoms with Crippen molar-refractivity contribution < 1.29 is 39.9 Å². The van der Waals surface area contributed by atoms with E-state index in [4.69, 9.17) is 0 Å². The summed E-state index contributed by atoms with van der Waals surface area (Å²) in [6.45, 7) is 2.10. The van der Waals surface area contributed by atoms with Crippen molar-refractivity contribution in [1.29, 1.82) is 0 Å². The Hall–Kier alpha value is -3.10. The molecule has 1 fully saturated rings. The Morgan fingerprint density at radius 2 is 1.45 bits per heavy atom. The van der Waals surface area contributed by atoms with Gasteiger partial charge >= 0.3 is 6.36 Å². The Morgan fingerprint density at radius 1 is 0.773 bits per heavy atom. The van der Waals surface area contributed by atoms with Crippen LogP contribution >= 0.6 is 0 Å². The number of hydrogen-bond donors (Lipinski definition) is 0. The van der Waals surface area contributed by atoms with E-state index in [0.717, 1.165) is 49.8 Å². The van der Waals surface area contributed by atoms with Crippen molar-refractivity contribution >= 4 is 0 Å². The molecule has 44 heavy (non-hydrogen) atoms. The van der Waals surface area contributed by atoms with Gasteiger partial charge in [-0.3, -0.25) is 0 Å². The van der Waals surface area contributed by atoms with E-state index in [1.165, 1.54) is 6.07 Å². The largest absolute Gasteiger partial charge is 0.573 e. The maximum atomic E-state index is 15.8. The van der Waals surface area contributed by atoms with Gasteiger partial charge in [-0.2, -0.15) is 0 Å². The summed E-state index contributed by atoms with van der Waals surface area (Å²) < 4.78 is 115. The van der Waals surface area contributed by atoms with Crippen LogP contribution in [0.3, 0.4) is 0 Å². The van der Waals surface area contributed by atoms with Crippen LogP contribution in [0.5, 0.6) is 5.75 Å². The Kier molecular flexibility index (Phi) is 9.90. The van der Waals surface area contributed by atoms with Crippen molar-refractivity contribution in [1.82, 2.24) is 0 Å². The van der Waals surface area contributed by atoms with Gasteiger partial charge in [-0.15, -0.1) is 13.2 Å². The molecule has 2 aliphatic carbocycles. The molecule has 0 bridgehead atoms. The molecule has 0 aliphatic heterocycles. The third-order valence-corrected chi connectivity index (χ3v) is 9.36. The predicted octanol–water partition coefficient (Wildman–Crippen LogP) is 10.8. The van der Waals surface area contributed by atoms with Gasteiger partial charge in [0.2, 0.25) is 5.75 Å². The van der Waals surface area contributed by atoms with Crippen LogP contribution in [-0.2, 0) is 25.7 Å². The van der Waals surface area contributed by atoms with Crippen molar-refractivity contribution in [3.8, 4) is 5.75 Å². The molecule has 0 amide bonds. The monoisotopic (exact) mass is 624 g/mol. The quantitative estimate of drug-likeness (QED) is 0.215. The summed E-state index contributed by atoms with van der Waals surface area (Å²) in [5.74, 6) is -6.32. The average molecular weight is 625 g/mol. The summed E-state index contributed by atoms with van der Waals surface area (Å²) >= 11 is 0. The third-order valence-electron chi connectivity index (χ3n) is 9.36. The zero-order valence-electron chi connectivity index (χ0n) is 24.6. The molecular formula is C35H36F8O. The number of benzene rings is 3. The normalized spacial score (nSPS) is 20.4. The smallest absolute Gasteiger partial charge is 0.399 e. The molecule has 9 heteroatoms. The third kappa shape index (κ3) is 7.40. The van der Waals surface area contributed by atoms with Gasteiger partial charge in [-0.1, -0.05) is 25.5 Å². The summed E-state index contributed by atoms with van der Waals surface area (Å²) in [6.07, 6.45) is 2.18. The lowest BCUT2D eigenvalue weighted by Crippen LogP contribution is -2.21. The Balaban J connectivity index is 1.21. The lowest BCUT2D eigenvalue weighted by molar-refractivity contribution is -0.276. The van der Waals surface area contributed by atoms with E-state index in [0.29, 0.717) is 61.6 Å². The van der Waals surface area contributed by atoms with Crippen molar-refractivity contribution in [2.75, 3.05) is 0 Å². The van der Waals surface area contributed by atoms with Crippen molar-refractivity contribution in [2.24, 2.45) is 5.92 Å². The Labute approximate surface area is 252 Å². The maximum absolute atomic E-state index is 15.8. The molecule has 238 valence electrons. The SMILES string of the molecule is CCCCc1ccc(CCC2CCc3c(cc(F)c(C4CCC(c5cc(F)c(OC(F)(F)F)c(F)c5)CC4)c3F)C2)c(F)c1. The highest BCUT2D eigenvalue weighted by Crippen LogP contribution is 2.45. The molecule has 1 saturated carbocycles. The molecule has 0 aromatic heterocycles. The van der Waals surface area contributed by atoms with Gasteiger partial charge in [0.1, 0.15) is 17.5 Å². The predicted molar refractivity (Wildman–Crippen MR) is 152 cm³/mol. The van der Waals surface area contributed by atoms with Crippen LogP contribution in [0.4, 0.5) is 35.1 Å². The minimum Gasteiger partial charge on any atom is -0.399 e. The number of ether oxygens (including phenoxy) is 1. The van der Waals surface area contributed by atoms with E-state index >= 15 is 8.78 Å². The molecule has 1 nitrogen and oxygen atoms in total. The van der Waals surface area contributed by atoms with Crippen molar-refractivity contribution in [2.45, 2.75) is 102 Å². The molecule has 3 aromatic carbocycles. The molecule has 1 unspecified atom stereocenters. The number of unbranched alkanes of at least 4 members (excludes halogenated alkanes) is 1. The summed E-state index contributed by atoms with van der Waals surface area (Å²) in [4.78, 5) is 0. The van der Waals surface area contributed by atoms with Gasteiger partial charge in [0.15, 0.2) is 11.6 Å². The number of halogens is 8. The van der Waals surface area contributed by atoms with Gasteiger partial charge in [-0.25, -0.2) is 22.0 Å². The number of rotatable bonds is 9. The lowest BCUT2D eigenvalue weighted by atomic mass is 9.74. The summed E-state index contributed by atoms with van der Waals surface area (Å²) in [6, 6.07) is 8.54. The van der Waals surface area contributed by atoms with Gasteiger partial charge in [0, 0.05) is 5.56 Å². The molecule has 1 atom stereocenters. The van der Waals surface area contributed by atoms with E-state index in [9.17, 15) is 26.3 Å². The van der Waals surface area contributed by atoms with Crippen LogP contribution < -0.4 is 4.74 Å². The van der Waals surface area contributed by atoms with Crippen molar-refractivity contribution in [3.63, 3.8) is 0 Å². The highest BCUT2D eigenvalue weighted by atomic mass is 19.4. The molecule has 2 aliphatic rings. The van der Waals surface area contributed by atoms with Gasteiger partial charge < -0.3 is 4.74 Å². The molecule has 3 aromatic rings. The first-order chi connectivity index (χ1) is 20.9. The average Bonchev–Trinajstić information content (AvgIpc) is 2.97. The first kappa shape index (κ1) is 32.3. The second-order valence-corrected chi connectivity index (χ2v) is 12.3. The zero-order chi connectivity index (χ0) is 31.6. The topological polar surface area (TPSA) is 9.23 Å². The highest BCUT2D eigenvalue weighted by Gasteiger charge is 2.35. The van der Waals surface area contributed by atoms with Crippen LogP contribution in [0.2, 0.25) is 0 Å². The standard InChI is InChI=1S/C35H36F8O/c1-2-3-4-20-5-8-23(28(36)16-20)9-6-21-7-14-27-26(15-21)19-29(37)32(33(27)40)24-12-10-22(11-13-24)25-17-30(38)34(31(39)18-25)44-35(41,42)43/h5,8,16-19,21-22,24H,2-4,6-7,9-15H2,1H3. The van der Waals surface area contributed by atoms with E-state index < -0.39 is 41.3 Å². The minimum absolute atomic E-state index is 0.0390. The van der Waals surface area contributed by atoms with Crippen LogP contribution in [0.25, 0.3) is 0 Å². The fraction of sp³-hybridized carbons (Fsp3) is 0.486.